The van der Waals surface area contributed by atoms with Gasteiger partial charge in [0.25, 0.3) is 6.08 Å². The Bertz CT molecular complexity index is 289. The molecule has 0 aliphatic heterocycles. The highest BCUT2D eigenvalue weighted by Gasteiger charge is 1.96. The Balaban J connectivity index is 0. The summed E-state index contributed by atoms with van der Waals surface area (Å²) in [5, 5.41) is 10.4. The maximum absolute atomic E-state index is 9.59. The molecular weight excluding hydrogens is 204 g/mol. The molecule has 0 aliphatic carbocycles. The number of nitrogens with zero attached hydrogens (tertiary/aromatic N) is 2. The molecule has 0 saturated carbocycles. The van der Waals surface area contributed by atoms with Crippen LogP contribution in [0.4, 0.5) is 0 Å². The second-order valence-electron chi connectivity index (χ2n) is 2.09. The van der Waals surface area contributed by atoms with E-state index in [9.17, 15) is 14.4 Å². The highest BCUT2D eigenvalue weighted by molar-refractivity contribution is 5.78. The molecule has 0 fully saturated rings. The van der Waals surface area contributed by atoms with Gasteiger partial charge in [-0.1, -0.05) is 6.58 Å². The fraction of sp³-hybridized carbons (Fsp3) is 0.375. The topological polar surface area (TPSA) is 105 Å². The van der Waals surface area contributed by atoms with E-state index in [1.54, 1.807) is 6.92 Å². The molecule has 1 atom stereocenters. The molecule has 0 aliphatic rings. The fourth-order valence-electron chi connectivity index (χ4n) is 0.299. The third-order valence-corrected chi connectivity index (χ3v) is 0.865. The van der Waals surface area contributed by atoms with E-state index >= 15 is 0 Å². The molecule has 15 heavy (non-hydrogen) atoms. The van der Waals surface area contributed by atoms with Gasteiger partial charge in [-0.3, -0.25) is 0 Å². The van der Waals surface area contributed by atoms with Crippen LogP contribution < -0.4 is 0 Å². The average molecular weight is 214 g/mol. The Morgan fingerprint density at radius 1 is 1.60 bits per heavy atom. The summed E-state index contributed by atoms with van der Waals surface area (Å²) >= 11 is 0. The van der Waals surface area contributed by atoms with Gasteiger partial charge in [-0.2, -0.15) is 4.99 Å². The Hall–Kier alpha value is -2.23. The van der Waals surface area contributed by atoms with Crippen LogP contribution >= 0.6 is 0 Å². The summed E-state index contributed by atoms with van der Waals surface area (Å²) in [5.41, 5.74) is 0. The monoisotopic (exact) mass is 214 g/mol. The lowest BCUT2D eigenvalue weighted by Gasteiger charge is -1.97. The predicted octanol–water partition coefficient (Wildman–Crippen LogP) is 0.235. The molecule has 7 heteroatoms. The predicted molar refractivity (Wildman–Crippen MR) is 49.5 cm³/mol. The van der Waals surface area contributed by atoms with Crippen LogP contribution in [-0.2, 0) is 19.2 Å². The smallest absolute Gasteiger partial charge is 0.327 e. The number of carbonyl (C=O) groups is 1. The molecule has 0 rings (SSSR count). The van der Waals surface area contributed by atoms with Gasteiger partial charge < -0.3 is 9.94 Å². The van der Waals surface area contributed by atoms with Gasteiger partial charge in [-0.25, -0.2) is 14.4 Å². The van der Waals surface area contributed by atoms with Crippen LogP contribution in [0.15, 0.2) is 22.8 Å². The molecule has 0 aromatic rings. The largest absolute Gasteiger partial charge is 0.478 e. The van der Waals surface area contributed by atoms with Gasteiger partial charge in [0, 0.05) is 11.2 Å². The van der Waals surface area contributed by atoms with E-state index in [2.05, 4.69) is 21.6 Å². The van der Waals surface area contributed by atoms with Crippen molar-refractivity contribution < 1.29 is 24.3 Å². The van der Waals surface area contributed by atoms with Gasteiger partial charge in [-0.05, 0) is 6.92 Å². The maximum Gasteiger partial charge on any atom is 0.327 e. The summed E-state index contributed by atoms with van der Waals surface area (Å²) in [7, 11) is 0. The number of aliphatic imine (C=N–C) groups is 1. The number of carbonyl (C=O) groups excluding carboxylic acids is 2. The van der Waals surface area contributed by atoms with Crippen LogP contribution in [0.1, 0.15) is 6.92 Å². The maximum atomic E-state index is 9.59. The Morgan fingerprint density at radius 2 is 2.13 bits per heavy atom. The van der Waals surface area contributed by atoms with Crippen molar-refractivity contribution in [3.63, 3.8) is 0 Å². The minimum atomic E-state index is -0.981. The van der Waals surface area contributed by atoms with Crippen molar-refractivity contribution in [2.24, 2.45) is 10.1 Å². The number of carboxylic acid groups (broad SMARTS) is 1. The van der Waals surface area contributed by atoms with Gasteiger partial charge in [0.05, 0.1) is 6.04 Å². The van der Waals surface area contributed by atoms with Crippen molar-refractivity contribution in [2.45, 2.75) is 13.0 Å². The molecule has 0 radical (unpaired) electrons. The zero-order valence-electron chi connectivity index (χ0n) is 8.04. The molecule has 1 N–H and O–H groups in total. The third-order valence-electron chi connectivity index (χ3n) is 0.865. The van der Waals surface area contributed by atoms with Gasteiger partial charge >= 0.3 is 5.97 Å². The van der Waals surface area contributed by atoms with Gasteiger partial charge in [-0.15, -0.1) is 0 Å². The van der Waals surface area contributed by atoms with Crippen molar-refractivity contribution in [1.29, 1.82) is 0 Å². The number of rotatable bonds is 5. The normalized spacial score (nSPS) is 9.13. The highest BCUT2D eigenvalue weighted by Crippen LogP contribution is 1.87. The van der Waals surface area contributed by atoms with E-state index in [-0.39, 0.29) is 12.6 Å². The van der Waals surface area contributed by atoms with Crippen molar-refractivity contribution >= 4 is 18.1 Å². The van der Waals surface area contributed by atoms with Crippen LogP contribution in [-0.4, -0.2) is 35.9 Å². The lowest BCUT2D eigenvalue weighted by Crippen LogP contribution is -2.05. The van der Waals surface area contributed by atoms with Crippen LogP contribution in [0.25, 0.3) is 0 Å². The molecule has 0 aromatic carbocycles. The number of hydrogen-bond donors (Lipinski definition) is 1. The molecule has 0 spiro atoms. The zero-order chi connectivity index (χ0) is 12.1. The fourth-order valence-corrected chi connectivity index (χ4v) is 0.299. The second kappa shape index (κ2) is 11.8. The summed E-state index contributed by atoms with van der Waals surface area (Å²) in [4.78, 5) is 35.9. The van der Waals surface area contributed by atoms with E-state index in [0.717, 1.165) is 6.08 Å². The molecule has 0 bridgehead atoms. The first-order chi connectivity index (χ1) is 7.08. The summed E-state index contributed by atoms with van der Waals surface area (Å²) < 4.78 is 0. The Kier molecular flexibility index (Phi) is 12.0. The summed E-state index contributed by atoms with van der Waals surface area (Å²) in [6.45, 7) is 4.68. The van der Waals surface area contributed by atoms with E-state index in [4.69, 9.17) is 5.11 Å². The van der Waals surface area contributed by atoms with Gasteiger partial charge in [0.1, 0.15) is 6.61 Å². The van der Waals surface area contributed by atoms with Crippen LogP contribution in [0.2, 0.25) is 0 Å². The van der Waals surface area contributed by atoms with E-state index in [1.165, 1.54) is 12.2 Å². The minimum absolute atomic E-state index is 0.0878. The van der Waals surface area contributed by atoms with E-state index in [0.29, 0.717) is 0 Å². The number of hydrogen-bond acceptors (Lipinski definition) is 6. The highest BCUT2D eigenvalue weighted by atomic mass is 16.6. The summed E-state index contributed by atoms with van der Waals surface area (Å²) in [6.07, 6.45) is 3.36. The molecule has 0 heterocycles. The SMILES string of the molecule is C=CC(=O)O.CC(CON=C=O)N=C=O. The van der Waals surface area contributed by atoms with Crippen molar-refractivity contribution in [1.82, 2.24) is 0 Å². The van der Waals surface area contributed by atoms with Crippen molar-refractivity contribution in [3.05, 3.63) is 12.7 Å². The third kappa shape index (κ3) is 18.6. The van der Waals surface area contributed by atoms with E-state index < -0.39 is 5.97 Å². The number of carboxylic acids is 1. The molecule has 0 aromatic heterocycles. The second-order valence-corrected chi connectivity index (χ2v) is 2.09. The number of aliphatic carboxylic acids is 1. The Morgan fingerprint density at radius 3 is 2.47 bits per heavy atom. The lowest BCUT2D eigenvalue weighted by atomic mass is 10.4. The molecule has 0 saturated heterocycles. The Labute approximate surface area is 85.7 Å². The number of isocyanates is 2. The van der Waals surface area contributed by atoms with Crippen LogP contribution in [0.5, 0.6) is 0 Å². The quantitative estimate of drug-likeness (QED) is 0.305. The molecule has 7 nitrogen and oxygen atoms in total. The minimum Gasteiger partial charge on any atom is -0.478 e. The first kappa shape index (κ1) is 15.3. The molecule has 82 valence electrons. The van der Waals surface area contributed by atoms with Gasteiger partial charge in [0.15, 0.2) is 0 Å². The summed E-state index contributed by atoms with van der Waals surface area (Å²) in [5.74, 6) is -0.981. The molecular formula is C8H10N2O5. The molecule has 0 amide bonds. The van der Waals surface area contributed by atoms with Crippen LogP contribution in [0, 0.1) is 0 Å². The van der Waals surface area contributed by atoms with Crippen molar-refractivity contribution in [2.75, 3.05) is 6.61 Å². The van der Waals surface area contributed by atoms with Gasteiger partial charge in [0.2, 0.25) is 6.08 Å². The first-order valence-corrected chi connectivity index (χ1v) is 3.70. The van der Waals surface area contributed by atoms with Crippen LogP contribution in [0.3, 0.4) is 0 Å². The molecule has 1 unspecified atom stereocenters. The lowest BCUT2D eigenvalue weighted by molar-refractivity contribution is -0.131. The standard InChI is InChI=1S/C5H6N2O3.C3H4O2/c1-5(6-3-8)2-10-7-4-9;1-2-3(4)5/h5H,2H2,1H3;2H,1H2,(H,4,5). The average Bonchev–Trinajstić information content (AvgIpc) is 2.19. The summed E-state index contributed by atoms with van der Waals surface area (Å²) in [6, 6.07) is -0.324. The zero-order valence-corrected chi connectivity index (χ0v) is 8.04. The first-order valence-electron chi connectivity index (χ1n) is 3.70. The van der Waals surface area contributed by atoms with Crippen molar-refractivity contribution in [3.8, 4) is 0 Å². The van der Waals surface area contributed by atoms with E-state index in [1.807, 2.05) is 0 Å².